The molecule has 0 aromatic heterocycles. The van der Waals surface area contributed by atoms with Gasteiger partial charge in [-0.05, 0) is 20.3 Å². The van der Waals surface area contributed by atoms with Crippen LogP contribution in [0.15, 0.2) is 12.2 Å². The van der Waals surface area contributed by atoms with Crippen molar-refractivity contribution in [2.45, 2.75) is 25.3 Å². The molecule has 0 aromatic rings. The molecule has 0 N–H and O–H groups in total. The lowest BCUT2D eigenvalue weighted by molar-refractivity contribution is 0.208. The highest BCUT2D eigenvalue weighted by atomic mass is 35.5. The van der Waals surface area contributed by atoms with Crippen LogP contribution in [-0.4, -0.2) is 23.0 Å². The minimum absolute atomic E-state index is 0.176. The molecule has 0 fully saturated rings. The topological polar surface area (TPSA) is 3.24 Å². The Kier molecular flexibility index (Phi) is 2.37. The molecule has 58 valence electrons. The molecule has 0 saturated carbocycles. The Morgan fingerprint density at radius 2 is 2.10 bits per heavy atom. The largest absolute Gasteiger partial charge is 0.281 e. The molecule has 1 nitrogen and oxygen atoms in total. The third-order valence-corrected chi connectivity index (χ3v) is 2.05. The minimum atomic E-state index is -0.176. The van der Waals surface area contributed by atoms with Gasteiger partial charge in [0.15, 0.2) is 0 Å². The van der Waals surface area contributed by atoms with Crippen LogP contribution in [0, 0.1) is 0 Å². The maximum Gasteiger partial charge on any atom is 0.0906 e. The van der Waals surface area contributed by atoms with Gasteiger partial charge in [-0.3, -0.25) is 4.90 Å². The number of nitrogens with zero attached hydrogens (tertiary/aromatic N) is 1. The van der Waals surface area contributed by atoms with Gasteiger partial charge in [-0.25, -0.2) is 0 Å². The van der Waals surface area contributed by atoms with Crippen molar-refractivity contribution >= 4 is 11.6 Å². The second kappa shape index (κ2) is 2.93. The SMILES string of the molecule is CC(C)(Cl)N1CC=CCC1. The molecule has 0 aromatic carbocycles. The third-order valence-electron chi connectivity index (χ3n) is 1.81. The van der Waals surface area contributed by atoms with Gasteiger partial charge in [0.05, 0.1) is 5.00 Å². The van der Waals surface area contributed by atoms with E-state index in [4.69, 9.17) is 11.6 Å². The van der Waals surface area contributed by atoms with Crippen LogP contribution in [-0.2, 0) is 0 Å². The van der Waals surface area contributed by atoms with Crippen molar-refractivity contribution < 1.29 is 0 Å². The number of hydrogen-bond donors (Lipinski definition) is 0. The lowest BCUT2D eigenvalue weighted by atomic mass is 10.2. The molecule has 0 unspecified atom stereocenters. The van der Waals surface area contributed by atoms with Crippen LogP contribution >= 0.6 is 11.6 Å². The van der Waals surface area contributed by atoms with Crippen LogP contribution in [0.3, 0.4) is 0 Å². The molecule has 0 spiro atoms. The first-order chi connectivity index (χ1) is 4.61. The van der Waals surface area contributed by atoms with Crippen molar-refractivity contribution in [3.63, 3.8) is 0 Å². The van der Waals surface area contributed by atoms with Crippen molar-refractivity contribution in [1.82, 2.24) is 4.90 Å². The summed E-state index contributed by atoms with van der Waals surface area (Å²) in [6.45, 7) is 6.16. The van der Waals surface area contributed by atoms with Crippen LogP contribution in [0.25, 0.3) is 0 Å². The van der Waals surface area contributed by atoms with Gasteiger partial charge in [0, 0.05) is 13.1 Å². The number of hydrogen-bond acceptors (Lipinski definition) is 1. The maximum absolute atomic E-state index is 6.10. The van der Waals surface area contributed by atoms with Crippen molar-refractivity contribution in [2.75, 3.05) is 13.1 Å². The molecule has 0 atom stereocenters. The first kappa shape index (κ1) is 8.09. The van der Waals surface area contributed by atoms with Crippen molar-refractivity contribution in [2.24, 2.45) is 0 Å². The second-order valence-corrected chi connectivity index (χ2v) is 4.04. The molecule has 0 aliphatic carbocycles. The van der Waals surface area contributed by atoms with E-state index in [1.165, 1.54) is 0 Å². The van der Waals surface area contributed by atoms with Crippen LogP contribution in [0.5, 0.6) is 0 Å². The third kappa shape index (κ3) is 1.99. The van der Waals surface area contributed by atoms with Gasteiger partial charge in [-0.15, -0.1) is 11.6 Å². The quantitative estimate of drug-likeness (QED) is 0.322. The van der Waals surface area contributed by atoms with Crippen LogP contribution in [0.2, 0.25) is 0 Å². The molecule has 1 rings (SSSR count). The van der Waals surface area contributed by atoms with Crippen LogP contribution in [0.1, 0.15) is 20.3 Å². The molecular weight excluding hydrogens is 146 g/mol. The molecule has 2 heteroatoms. The predicted octanol–water partition coefficient (Wildman–Crippen LogP) is 2.22. The Morgan fingerprint density at radius 3 is 2.40 bits per heavy atom. The normalized spacial score (nSPS) is 21.5. The second-order valence-electron chi connectivity index (χ2n) is 3.12. The van der Waals surface area contributed by atoms with Gasteiger partial charge < -0.3 is 0 Å². The molecule has 1 aliphatic heterocycles. The summed E-state index contributed by atoms with van der Waals surface area (Å²) in [5, 5.41) is 0. The average molecular weight is 160 g/mol. The van der Waals surface area contributed by atoms with Gasteiger partial charge in [0.1, 0.15) is 0 Å². The van der Waals surface area contributed by atoms with Crippen molar-refractivity contribution in [3.05, 3.63) is 12.2 Å². The van der Waals surface area contributed by atoms with Gasteiger partial charge in [-0.1, -0.05) is 12.2 Å². The van der Waals surface area contributed by atoms with E-state index < -0.39 is 0 Å². The molecule has 1 aliphatic rings. The fraction of sp³-hybridized carbons (Fsp3) is 0.750. The smallest absolute Gasteiger partial charge is 0.0906 e. The van der Waals surface area contributed by atoms with E-state index in [2.05, 4.69) is 17.1 Å². The highest BCUT2D eigenvalue weighted by Gasteiger charge is 2.22. The van der Waals surface area contributed by atoms with Gasteiger partial charge in [0.2, 0.25) is 0 Å². The summed E-state index contributed by atoms with van der Waals surface area (Å²) in [7, 11) is 0. The summed E-state index contributed by atoms with van der Waals surface area (Å²) in [4.78, 5) is 2.08. The Balaban J connectivity index is 2.49. The standard InChI is InChI=1S/C8H14ClN/c1-8(2,9)10-6-4-3-5-7-10/h3-4H,5-7H2,1-2H3. The van der Waals surface area contributed by atoms with Crippen LogP contribution < -0.4 is 0 Å². The summed E-state index contributed by atoms with van der Waals surface area (Å²) < 4.78 is 0. The molecule has 0 amide bonds. The lowest BCUT2D eigenvalue weighted by Gasteiger charge is -2.33. The van der Waals surface area contributed by atoms with E-state index in [9.17, 15) is 0 Å². The monoisotopic (exact) mass is 159 g/mol. The molecule has 10 heavy (non-hydrogen) atoms. The summed E-state index contributed by atoms with van der Waals surface area (Å²) in [5.41, 5.74) is 0. The Hall–Kier alpha value is -0.0100. The maximum atomic E-state index is 6.10. The van der Waals surface area contributed by atoms with Gasteiger partial charge in [0.25, 0.3) is 0 Å². The number of alkyl halides is 1. The Morgan fingerprint density at radius 1 is 1.40 bits per heavy atom. The summed E-state index contributed by atoms with van der Waals surface area (Å²) in [6, 6.07) is 0. The summed E-state index contributed by atoms with van der Waals surface area (Å²) in [6.07, 6.45) is 5.52. The van der Waals surface area contributed by atoms with Gasteiger partial charge >= 0.3 is 0 Å². The molecule has 0 bridgehead atoms. The summed E-state index contributed by atoms with van der Waals surface area (Å²) >= 11 is 6.10. The zero-order valence-electron chi connectivity index (χ0n) is 6.60. The fourth-order valence-electron chi connectivity index (χ4n) is 1.12. The van der Waals surface area contributed by atoms with E-state index in [1.54, 1.807) is 0 Å². The Bertz CT molecular complexity index is 135. The summed E-state index contributed by atoms with van der Waals surface area (Å²) in [5.74, 6) is 0. The van der Waals surface area contributed by atoms with E-state index in [-0.39, 0.29) is 5.00 Å². The molecule has 0 radical (unpaired) electrons. The molecule has 1 heterocycles. The van der Waals surface area contributed by atoms with E-state index in [0.29, 0.717) is 0 Å². The van der Waals surface area contributed by atoms with Crippen molar-refractivity contribution in [1.29, 1.82) is 0 Å². The number of rotatable bonds is 1. The van der Waals surface area contributed by atoms with Gasteiger partial charge in [-0.2, -0.15) is 0 Å². The van der Waals surface area contributed by atoms with E-state index in [1.807, 2.05) is 13.8 Å². The fourth-order valence-corrected chi connectivity index (χ4v) is 1.28. The first-order valence-electron chi connectivity index (χ1n) is 3.69. The predicted molar refractivity (Wildman–Crippen MR) is 45.3 cm³/mol. The highest BCUT2D eigenvalue weighted by Crippen LogP contribution is 2.20. The average Bonchev–Trinajstić information content (AvgIpc) is 1.88. The lowest BCUT2D eigenvalue weighted by Crippen LogP contribution is -2.41. The zero-order chi connectivity index (χ0) is 7.61. The Labute approximate surface area is 67.7 Å². The number of halogens is 1. The zero-order valence-corrected chi connectivity index (χ0v) is 7.36. The highest BCUT2D eigenvalue weighted by molar-refractivity contribution is 6.23. The molecule has 0 saturated heterocycles. The van der Waals surface area contributed by atoms with Crippen molar-refractivity contribution in [3.8, 4) is 0 Å². The first-order valence-corrected chi connectivity index (χ1v) is 4.07. The molecular formula is C8H14ClN. The van der Waals surface area contributed by atoms with E-state index >= 15 is 0 Å². The van der Waals surface area contributed by atoms with Crippen LogP contribution in [0.4, 0.5) is 0 Å². The van der Waals surface area contributed by atoms with E-state index in [0.717, 1.165) is 19.5 Å². The minimum Gasteiger partial charge on any atom is -0.281 e.